The molecule has 0 atom stereocenters. The average molecular weight is 258 g/mol. The van der Waals surface area contributed by atoms with Crippen LogP contribution in [0.1, 0.15) is 77.6 Å². The van der Waals surface area contributed by atoms with Gasteiger partial charge in [-0.25, -0.2) is 0 Å². The second kappa shape index (κ2) is 13.2. The summed E-state index contributed by atoms with van der Waals surface area (Å²) in [4.78, 5) is 0.953. The summed E-state index contributed by atoms with van der Waals surface area (Å²) in [5.41, 5.74) is 0. The van der Waals surface area contributed by atoms with Gasteiger partial charge >= 0.3 is 0 Å². The molecule has 0 aromatic rings. The van der Waals surface area contributed by atoms with Gasteiger partial charge in [0.05, 0.1) is 0 Å². The molecule has 0 N–H and O–H groups in total. The predicted octanol–water partition coefficient (Wildman–Crippen LogP) is 5.67. The fraction of sp³-hybridized carbons (Fsp3) is 0.857. The van der Waals surface area contributed by atoms with Gasteiger partial charge in [0.1, 0.15) is 0 Å². The van der Waals surface area contributed by atoms with Gasteiger partial charge in [-0.15, -0.1) is 0 Å². The summed E-state index contributed by atoms with van der Waals surface area (Å²) in [5, 5.41) is 1.64. The first-order chi connectivity index (χ1) is 7.81. The van der Waals surface area contributed by atoms with Crippen molar-refractivity contribution < 1.29 is 0 Å². The summed E-state index contributed by atoms with van der Waals surface area (Å²) in [6.07, 6.45) is 14.8. The summed E-state index contributed by atoms with van der Waals surface area (Å²) in [6.45, 7) is 2.27. The molecule has 0 saturated heterocycles. The van der Waals surface area contributed by atoms with Crippen molar-refractivity contribution in [3.05, 3.63) is 0 Å². The van der Waals surface area contributed by atoms with Gasteiger partial charge in [-0.05, 0) is 12.8 Å². The first kappa shape index (κ1) is 16.2. The molecule has 0 aliphatic carbocycles. The third-order valence-electron chi connectivity index (χ3n) is 2.91. The Labute approximate surface area is 112 Å². The topological polar surface area (TPSA) is 0 Å². The van der Waals surface area contributed by atoms with Crippen LogP contribution in [-0.4, -0.2) is 10.2 Å². The molecule has 2 heteroatoms. The van der Waals surface area contributed by atoms with E-state index >= 15 is 0 Å². The van der Waals surface area contributed by atoms with Crippen LogP contribution in [0.15, 0.2) is 0 Å². The molecule has 0 heterocycles. The molecule has 0 nitrogen and oxygen atoms in total. The number of hydrogen-bond donors (Lipinski definition) is 0. The minimum absolute atomic E-state index is 0.953. The molecule has 0 rings (SSSR count). The van der Waals surface area contributed by atoms with E-state index in [1.54, 1.807) is 5.37 Å². The van der Waals surface area contributed by atoms with Crippen molar-refractivity contribution in [1.82, 2.24) is 0 Å². The Morgan fingerprint density at radius 3 is 1.69 bits per heavy atom. The molecule has 0 fully saturated rings. The van der Waals surface area contributed by atoms with Crippen molar-refractivity contribution in [2.24, 2.45) is 0 Å². The van der Waals surface area contributed by atoms with E-state index in [4.69, 9.17) is 24.4 Å². The molecule has 0 spiro atoms. The zero-order valence-corrected chi connectivity index (χ0v) is 12.3. The highest BCUT2D eigenvalue weighted by Gasteiger charge is 1.94. The summed E-state index contributed by atoms with van der Waals surface area (Å²) in [5.74, 6) is 0. The number of hydrogen-bond acceptors (Lipinski definition) is 2. The van der Waals surface area contributed by atoms with E-state index in [2.05, 4.69) is 6.92 Å². The van der Waals surface area contributed by atoms with Crippen molar-refractivity contribution in [2.45, 2.75) is 77.6 Å². The van der Waals surface area contributed by atoms with Crippen LogP contribution >= 0.6 is 24.4 Å². The quantitative estimate of drug-likeness (QED) is 0.327. The number of rotatable bonds is 12. The van der Waals surface area contributed by atoms with Crippen LogP contribution in [0.25, 0.3) is 0 Å². The monoisotopic (exact) mass is 258 g/mol. The Morgan fingerprint density at radius 1 is 0.812 bits per heavy atom. The average Bonchev–Trinajstić information content (AvgIpc) is 2.31. The van der Waals surface area contributed by atoms with E-state index in [0.29, 0.717) is 0 Å². The summed E-state index contributed by atoms with van der Waals surface area (Å²) in [6, 6.07) is 0. The van der Waals surface area contributed by atoms with Gasteiger partial charge in [0.15, 0.2) is 0 Å². The molecule has 0 aliphatic rings. The second-order valence-corrected chi connectivity index (χ2v) is 5.28. The molecular formula is C14H26S2. The van der Waals surface area contributed by atoms with Crippen LogP contribution in [0.3, 0.4) is 0 Å². The lowest BCUT2D eigenvalue weighted by atomic mass is 10.1. The molecule has 16 heavy (non-hydrogen) atoms. The third-order valence-corrected chi connectivity index (χ3v) is 3.66. The van der Waals surface area contributed by atoms with E-state index in [1.807, 2.05) is 0 Å². The Hall–Kier alpha value is 0.180. The molecule has 0 aromatic heterocycles. The van der Waals surface area contributed by atoms with Crippen LogP contribution in [0, 0.1) is 0 Å². The zero-order chi connectivity index (χ0) is 12.1. The molecule has 0 saturated carbocycles. The van der Waals surface area contributed by atoms with Crippen LogP contribution in [0.4, 0.5) is 0 Å². The molecule has 94 valence electrons. The first-order valence-electron chi connectivity index (χ1n) is 6.79. The Balaban J connectivity index is 2.98. The fourth-order valence-corrected chi connectivity index (χ4v) is 2.11. The smallest absolute Gasteiger partial charge is 0.0259 e. The van der Waals surface area contributed by atoms with Gasteiger partial charge in [0, 0.05) is 10.2 Å². The maximum absolute atomic E-state index is 5.06. The maximum Gasteiger partial charge on any atom is 0.0259 e. The lowest BCUT2D eigenvalue weighted by molar-refractivity contribution is 0.559. The van der Waals surface area contributed by atoms with E-state index < -0.39 is 0 Å². The van der Waals surface area contributed by atoms with E-state index in [1.165, 1.54) is 64.2 Å². The van der Waals surface area contributed by atoms with E-state index in [0.717, 1.165) is 11.3 Å². The van der Waals surface area contributed by atoms with Crippen molar-refractivity contribution in [2.75, 3.05) is 0 Å². The summed E-state index contributed by atoms with van der Waals surface area (Å²) in [7, 11) is 0. The largest absolute Gasteiger partial charge is 0.0875 e. The van der Waals surface area contributed by atoms with Gasteiger partial charge < -0.3 is 0 Å². The summed E-state index contributed by atoms with van der Waals surface area (Å²) >= 11 is 9.83. The third kappa shape index (κ3) is 12.3. The van der Waals surface area contributed by atoms with Gasteiger partial charge in [0.2, 0.25) is 0 Å². The molecule has 0 radical (unpaired) electrons. The summed E-state index contributed by atoms with van der Waals surface area (Å²) < 4.78 is 0. The Kier molecular flexibility index (Phi) is 13.4. The Bertz CT molecular complexity index is 176. The highest BCUT2D eigenvalue weighted by Crippen LogP contribution is 2.11. The van der Waals surface area contributed by atoms with Crippen LogP contribution in [0.2, 0.25) is 0 Å². The van der Waals surface area contributed by atoms with Crippen LogP contribution < -0.4 is 0 Å². The zero-order valence-electron chi connectivity index (χ0n) is 10.7. The molecule has 0 unspecified atom stereocenters. The van der Waals surface area contributed by atoms with E-state index in [-0.39, 0.29) is 0 Å². The molecule has 0 aliphatic heterocycles. The Morgan fingerprint density at radius 2 is 1.25 bits per heavy atom. The molecular weight excluding hydrogens is 232 g/mol. The number of thiocarbonyl (C=S) groups is 2. The van der Waals surface area contributed by atoms with Crippen molar-refractivity contribution >= 4 is 34.7 Å². The van der Waals surface area contributed by atoms with Crippen molar-refractivity contribution in [1.29, 1.82) is 0 Å². The fourth-order valence-electron chi connectivity index (χ4n) is 1.85. The van der Waals surface area contributed by atoms with Crippen LogP contribution in [0.5, 0.6) is 0 Å². The minimum Gasteiger partial charge on any atom is -0.0875 e. The molecule has 0 aromatic carbocycles. The molecule has 0 bridgehead atoms. The first-order valence-corrected chi connectivity index (χ1v) is 7.67. The second-order valence-electron chi connectivity index (χ2n) is 4.52. The van der Waals surface area contributed by atoms with E-state index in [9.17, 15) is 0 Å². The van der Waals surface area contributed by atoms with Gasteiger partial charge in [-0.1, -0.05) is 89.1 Å². The van der Waals surface area contributed by atoms with Gasteiger partial charge in [-0.3, -0.25) is 0 Å². The van der Waals surface area contributed by atoms with Crippen LogP contribution in [-0.2, 0) is 0 Å². The minimum atomic E-state index is 0.953. The SMILES string of the molecule is CCCCCCCCCCCCC(=S)C=S. The lowest BCUT2D eigenvalue weighted by Crippen LogP contribution is -1.93. The molecule has 0 amide bonds. The maximum atomic E-state index is 5.06. The number of unbranched alkanes of at least 4 members (excludes halogenated alkanes) is 9. The standard InChI is InChI=1S/C14H26S2/c1-2-3-4-5-6-7-8-9-10-11-12-14(16)13-15/h13H,2-12H2,1H3. The normalized spacial score (nSPS) is 10.3. The van der Waals surface area contributed by atoms with Crippen molar-refractivity contribution in [3.63, 3.8) is 0 Å². The van der Waals surface area contributed by atoms with Gasteiger partial charge in [0.25, 0.3) is 0 Å². The highest BCUT2D eigenvalue weighted by atomic mass is 32.1. The van der Waals surface area contributed by atoms with Crippen molar-refractivity contribution in [3.8, 4) is 0 Å². The van der Waals surface area contributed by atoms with Gasteiger partial charge in [-0.2, -0.15) is 0 Å². The predicted molar refractivity (Wildman–Crippen MR) is 82.7 cm³/mol. The lowest BCUT2D eigenvalue weighted by Gasteiger charge is -2.01. The highest BCUT2D eigenvalue weighted by molar-refractivity contribution is 7.88.